The van der Waals surface area contributed by atoms with Crippen LogP contribution in [0.3, 0.4) is 0 Å². The zero-order valence-corrected chi connectivity index (χ0v) is 8.77. The number of hydrogen-bond acceptors (Lipinski definition) is 4. The van der Waals surface area contributed by atoms with Gasteiger partial charge in [-0.2, -0.15) is 0 Å². The average molecular weight is 215 g/mol. The number of amidine groups is 1. The van der Waals surface area contributed by atoms with Gasteiger partial charge in [-0.05, 0) is 19.8 Å². The smallest absolute Gasteiger partial charge is 0.407 e. The monoisotopic (exact) mass is 215 g/mol. The molecule has 0 aromatic carbocycles. The van der Waals surface area contributed by atoms with Gasteiger partial charge in [0.25, 0.3) is 0 Å². The van der Waals surface area contributed by atoms with Crippen LogP contribution >= 0.6 is 0 Å². The van der Waals surface area contributed by atoms with Crippen molar-refractivity contribution in [2.75, 3.05) is 6.61 Å². The molecule has 0 saturated heterocycles. The quantitative estimate of drug-likeness (QED) is 0.278. The fourth-order valence-corrected chi connectivity index (χ4v) is 1.89. The topological polar surface area (TPSA) is 96.9 Å². The number of nitrogens with one attached hydrogen (secondary N) is 1. The largest absolute Gasteiger partial charge is 0.450 e. The summed E-state index contributed by atoms with van der Waals surface area (Å²) in [7, 11) is 0. The van der Waals surface area contributed by atoms with Gasteiger partial charge < -0.3 is 21.0 Å². The lowest BCUT2D eigenvalue weighted by Gasteiger charge is -2.19. The van der Waals surface area contributed by atoms with Gasteiger partial charge in [-0.25, -0.2) is 4.79 Å². The molecule has 1 rings (SSSR count). The molecule has 0 spiro atoms. The molecule has 15 heavy (non-hydrogen) atoms. The summed E-state index contributed by atoms with van der Waals surface area (Å²) >= 11 is 0. The Morgan fingerprint density at radius 3 is 3.00 bits per heavy atom. The van der Waals surface area contributed by atoms with Crippen molar-refractivity contribution in [3.63, 3.8) is 0 Å². The minimum absolute atomic E-state index is 0.0834. The van der Waals surface area contributed by atoms with Crippen molar-refractivity contribution in [2.24, 2.45) is 16.8 Å². The normalized spacial score (nSPS) is 26.3. The van der Waals surface area contributed by atoms with Crippen molar-refractivity contribution in [3.05, 3.63) is 0 Å². The van der Waals surface area contributed by atoms with Crippen LogP contribution < -0.4 is 11.1 Å². The molecule has 1 amide bonds. The Morgan fingerprint density at radius 2 is 2.40 bits per heavy atom. The molecule has 86 valence electrons. The van der Waals surface area contributed by atoms with Crippen molar-refractivity contribution < 1.29 is 14.7 Å². The number of alkyl carbamates (subject to hydrolysis) is 1. The molecule has 6 nitrogen and oxygen atoms in total. The van der Waals surface area contributed by atoms with Gasteiger partial charge >= 0.3 is 6.09 Å². The molecule has 1 aliphatic rings. The average Bonchev–Trinajstić information content (AvgIpc) is 2.65. The summed E-state index contributed by atoms with van der Waals surface area (Å²) in [4.78, 5) is 11.2. The standard InChI is InChI=1S/C9H17N3O3/c1-2-15-9(13)11-7-5-3-4-6(7)8(10)12-14/h6-7,14H,2-5H2,1H3,(H2,10,12)(H,11,13). The molecule has 0 aliphatic heterocycles. The van der Waals surface area contributed by atoms with Gasteiger partial charge in [0.1, 0.15) is 5.84 Å². The maximum absolute atomic E-state index is 11.2. The Balaban J connectivity index is 2.50. The second kappa shape index (κ2) is 5.43. The van der Waals surface area contributed by atoms with E-state index in [1.165, 1.54) is 0 Å². The number of oxime groups is 1. The van der Waals surface area contributed by atoms with Gasteiger partial charge in [0.2, 0.25) is 0 Å². The summed E-state index contributed by atoms with van der Waals surface area (Å²) in [6.45, 7) is 2.09. The van der Waals surface area contributed by atoms with E-state index < -0.39 is 6.09 Å². The summed E-state index contributed by atoms with van der Waals surface area (Å²) in [5, 5.41) is 14.3. The summed E-state index contributed by atoms with van der Waals surface area (Å²) in [6, 6.07) is -0.0834. The van der Waals surface area contributed by atoms with Crippen molar-refractivity contribution >= 4 is 11.9 Å². The molecule has 4 N–H and O–H groups in total. The van der Waals surface area contributed by atoms with Crippen LogP contribution in [0.15, 0.2) is 5.16 Å². The molecule has 0 radical (unpaired) electrons. The van der Waals surface area contributed by atoms with Crippen molar-refractivity contribution in [2.45, 2.75) is 32.2 Å². The number of rotatable bonds is 3. The molecule has 0 heterocycles. The third kappa shape index (κ3) is 3.00. The Bertz CT molecular complexity index is 255. The molecule has 1 aliphatic carbocycles. The molecule has 2 unspecified atom stereocenters. The molecule has 2 atom stereocenters. The Morgan fingerprint density at radius 1 is 1.67 bits per heavy atom. The molecule has 6 heteroatoms. The highest BCUT2D eigenvalue weighted by atomic mass is 16.5. The van der Waals surface area contributed by atoms with E-state index in [-0.39, 0.29) is 17.8 Å². The molecule has 0 aromatic heterocycles. The molecule has 1 fully saturated rings. The fraction of sp³-hybridized carbons (Fsp3) is 0.778. The summed E-state index contributed by atoms with van der Waals surface area (Å²) in [5.74, 6) is 0.0914. The summed E-state index contributed by atoms with van der Waals surface area (Å²) in [6.07, 6.45) is 2.17. The lowest BCUT2D eigenvalue weighted by atomic mass is 10.0. The minimum Gasteiger partial charge on any atom is -0.450 e. The number of carbonyl (C=O) groups is 1. The number of amides is 1. The van der Waals surface area contributed by atoms with E-state index in [1.54, 1.807) is 6.92 Å². The number of nitrogens with two attached hydrogens (primary N) is 1. The van der Waals surface area contributed by atoms with E-state index in [0.717, 1.165) is 19.3 Å². The van der Waals surface area contributed by atoms with Crippen LogP contribution in [0.4, 0.5) is 4.79 Å². The van der Waals surface area contributed by atoms with Crippen LogP contribution in [-0.4, -0.2) is 29.8 Å². The van der Waals surface area contributed by atoms with Gasteiger partial charge in [-0.1, -0.05) is 11.6 Å². The van der Waals surface area contributed by atoms with E-state index in [0.29, 0.717) is 6.61 Å². The lowest BCUT2D eigenvalue weighted by molar-refractivity contribution is 0.147. The Hall–Kier alpha value is -1.46. The van der Waals surface area contributed by atoms with E-state index in [9.17, 15) is 4.79 Å². The highest BCUT2D eigenvalue weighted by Crippen LogP contribution is 2.25. The Kier molecular flexibility index (Phi) is 4.20. The van der Waals surface area contributed by atoms with Crippen LogP contribution in [-0.2, 0) is 4.74 Å². The minimum atomic E-state index is -0.444. The highest BCUT2D eigenvalue weighted by molar-refractivity contribution is 5.83. The molecule has 1 saturated carbocycles. The van der Waals surface area contributed by atoms with Gasteiger partial charge in [0.05, 0.1) is 6.61 Å². The first-order chi connectivity index (χ1) is 7.19. The van der Waals surface area contributed by atoms with E-state index in [2.05, 4.69) is 10.5 Å². The second-order valence-electron chi connectivity index (χ2n) is 3.53. The van der Waals surface area contributed by atoms with Crippen LogP contribution in [0, 0.1) is 5.92 Å². The third-order valence-corrected chi connectivity index (χ3v) is 2.59. The maximum Gasteiger partial charge on any atom is 0.407 e. The van der Waals surface area contributed by atoms with Crippen LogP contribution in [0.2, 0.25) is 0 Å². The van der Waals surface area contributed by atoms with Crippen LogP contribution in [0.25, 0.3) is 0 Å². The van der Waals surface area contributed by atoms with Crippen LogP contribution in [0.5, 0.6) is 0 Å². The molecular formula is C9H17N3O3. The second-order valence-corrected chi connectivity index (χ2v) is 3.53. The van der Waals surface area contributed by atoms with Crippen molar-refractivity contribution in [3.8, 4) is 0 Å². The Labute approximate surface area is 88.5 Å². The van der Waals surface area contributed by atoms with E-state index >= 15 is 0 Å². The van der Waals surface area contributed by atoms with E-state index in [1.807, 2.05) is 0 Å². The predicted octanol–water partition coefficient (Wildman–Crippen LogP) is 0.648. The van der Waals surface area contributed by atoms with E-state index in [4.69, 9.17) is 15.7 Å². The molecular weight excluding hydrogens is 198 g/mol. The summed E-state index contributed by atoms with van der Waals surface area (Å²) < 4.78 is 4.77. The summed E-state index contributed by atoms with van der Waals surface area (Å²) in [5.41, 5.74) is 5.53. The van der Waals surface area contributed by atoms with Gasteiger partial charge in [0.15, 0.2) is 0 Å². The molecule has 0 bridgehead atoms. The number of carbonyl (C=O) groups excluding carboxylic acids is 1. The predicted molar refractivity (Wildman–Crippen MR) is 54.7 cm³/mol. The number of hydrogen-bond donors (Lipinski definition) is 3. The number of ether oxygens (including phenoxy) is 1. The SMILES string of the molecule is CCOC(=O)NC1CCCC1C(N)=NO. The van der Waals surface area contributed by atoms with Gasteiger partial charge in [0, 0.05) is 12.0 Å². The van der Waals surface area contributed by atoms with Crippen LogP contribution in [0.1, 0.15) is 26.2 Å². The highest BCUT2D eigenvalue weighted by Gasteiger charge is 2.31. The number of nitrogens with zero attached hydrogens (tertiary/aromatic N) is 1. The first-order valence-corrected chi connectivity index (χ1v) is 5.09. The van der Waals surface area contributed by atoms with Crippen molar-refractivity contribution in [1.82, 2.24) is 5.32 Å². The van der Waals surface area contributed by atoms with Gasteiger partial charge in [-0.15, -0.1) is 0 Å². The van der Waals surface area contributed by atoms with Crippen molar-refractivity contribution in [1.29, 1.82) is 0 Å². The zero-order chi connectivity index (χ0) is 11.3. The first kappa shape index (κ1) is 11.6. The maximum atomic E-state index is 11.2. The third-order valence-electron chi connectivity index (χ3n) is 2.59. The first-order valence-electron chi connectivity index (χ1n) is 5.09. The lowest BCUT2D eigenvalue weighted by Crippen LogP contribution is -2.42. The fourth-order valence-electron chi connectivity index (χ4n) is 1.89. The zero-order valence-electron chi connectivity index (χ0n) is 8.77. The molecule has 0 aromatic rings. The van der Waals surface area contributed by atoms with Gasteiger partial charge in [-0.3, -0.25) is 0 Å².